The molecule has 1 saturated carbocycles. The second-order valence-electron chi connectivity index (χ2n) is 7.37. The van der Waals surface area contributed by atoms with Crippen molar-refractivity contribution < 1.29 is 4.79 Å². The molecule has 25 heavy (non-hydrogen) atoms. The lowest BCUT2D eigenvalue weighted by Gasteiger charge is -2.35. The maximum Gasteiger partial charge on any atom is 0.226 e. The largest absolute Gasteiger partial charge is 0.340 e. The summed E-state index contributed by atoms with van der Waals surface area (Å²) in [5.74, 6) is 0.784. The number of nitrogens with one attached hydrogen (secondary N) is 1. The molecule has 0 aromatic carbocycles. The molecule has 3 fully saturated rings. The number of thiophene rings is 1. The lowest BCUT2D eigenvalue weighted by Crippen LogP contribution is -2.50. The Labute approximate surface area is 167 Å². The number of carbonyl (C=O) groups is 1. The molecule has 142 valence electrons. The molecule has 1 N–H and O–H groups in total. The lowest BCUT2D eigenvalue weighted by atomic mass is 9.91. The van der Waals surface area contributed by atoms with E-state index in [1.54, 1.807) is 0 Å². The molecule has 1 unspecified atom stereocenters. The molecule has 0 radical (unpaired) electrons. The molecule has 1 aromatic heterocycles. The number of rotatable bonds is 4. The van der Waals surface area contributed by atoms with Crippen LogP contribution in [0.1, 0.15) is 24.1 Å². The molecule has 1 atom stereocenters. The van der Waals surface area contributed by atoms with E-state index in [-0.39, 0.29) is 24.8 Å². The van der Waals surface area contributed by atoms with Crippen molar-refractivity contribution in [1.29, 1.82) is 0 Å². The van der Waals surface area contributed by atoms with Gasteiger partial charge in [0.15, 0.2) is 0 Å². The summed E-state index contributed by atoms with van der Waals surface area (Å²) in [5.41, 5.74) is 0.374. The predicted octanol–water partition coefficient (Wildman–Crippen LogP) is 2.67. The number of piperidine rings is 1. The van der Waals surface area contributed by atoms with Crippen molar-refractivity contribution in [2.75, 3.05) is 45.8 Å². The molecule has 3 aliphatic rings. The fourth-order valence-corrected chi connectivity index (χ4v) is 5.01. The van der Waals surface area contributed by atoms with Crippen LogP contribution in [0.15, 0.2) is 17.5 Å². The Bertz CT molecular complexity index is 541. The van der Waals surface area contributed by atoms with Crippen molar-refractivity contribution in [2.24, 2.45) is 11.3 Å². The molecule has 4 rings (SSSR count). The van der Waals surface area contributed by atoms with Crippen LogP contribution in [0, 0.1) is 11.3 Å². The summed E-state index contributed by atoms with van der Waals surface area (Å²) in [6.07, 6.45) is 4.69. The Hall–Kier alpha value is -0.330. The highest BCUT2D eigenvalue weighted by atomic mass is 35.5. The Kier molecular flexibility index (Phi) is 7.59. The maximum atomic E-state index is 12.8. The zero-order valence-electron chi connectivity index (χ0n) is 14.6. The van der Waals surface area contributed by atoms with E-state index in [4.69, 9.17) is 0 Å². The summed E-state index contributed by atoms with van der Waals surface area (Å²) >= 11 is 1.85. The van der Waals surface area contributed by atoms with E-state index in [1.807, 2.05) is 11.3 Å². The fraction of sp³-hybridized carbons (Fsp3) is 0.722. The Morgan fingerprint density at radius 2 is 1.92 bits per heavy atom. The minimum atomic E-state index is 0. The van der Waals surface area contributed by atoms with E-state index in [1.165, 1.54) is 17.7 Å². The van der Waals surface area contributed by atoms with Crippen molar-refractivity contribution >= 4 is 42.1 Å². The third-order valence-corrected chi connectivity index (χ3v) is 6.96. The second kappa shape index (κ2) is 9.05. The van der Waals surface area contributed by atoms with Gasteiger partial charge in [0, 0.05) is 43.5 Å². The van der Waals surface area contributed by atoms with Crippen molar-refractivity contribution in [3.8, 4) is 0 Å². The van der Waals surface area contributed by atoms with Crippen LogP contribution in [0.4, 0.5) is 0 Å². The van der Waals surface area contributed by atoms with Crippen LogP contribution >= 0.6 is 36.2 Å². The van der Waals surface area contributed by atoms with Gasteiger partial charge in [0.05, 0.1) is 0 Å². The van der Waals surface area contributed by atoms with Gasteiger partial charge in [-0.15, -0.1) is 36.2 Å². The quantitative estimate of drug-likeness (QED) is 0.835. The first-order chi connectivity index (χ1) is 11.3. The third-order valence-electron chi connectivity index (χ3n) is 6.03. The van der Waals surface area contributed by atoms with Crippen LogP contribution in [0.5, 0.6) is 0 Å². The highest BCUT2D eigenvalue weighted by Crippen LogP contribution is 2.59. The van der Waals surface area contributed by atoms with Gasteiger partial charge in [-0.05, 0) is 55.6 Å². The summed E-state index contributed by atoms with van der Waals surface area (Å²) in [6.45, 7) is 7.25. The number of halogens is 2. The van der Waals surface area contributed by atoms with Crippen LogP contribution in [-0.4, -0.2) is 61.5 Å². The van der Waals surface area contributed by atoms with Crippen LogP contribution < -0.4 is 5.32 Å². The van der Waals surface area contributed by atoms with Crippen LogP contribution in [0.3, 0.4) is 0 Å². The average Bonchev–Trinajstić information content (AvgIpc) is 3.04. The van der Waals surface area contributed by atoms with E-state index >= 15 is 0 Å². The molecule has 7 heteroatoms. The third kappa shape index (κ3) is 4.69. The molecular formula is C18H29Cl2N3OS. The summed E-state index contributed by atoms with van der Waals surface area (Å²) in [4.78, 5) is 18.9. The highest BCUT2D eigenvalue weighted by Gasteiger charge is 2.58. The number of amides is 1. The van der Waals surface area contributed by atoms with Gasteiger partial charge < -0.3 is 10.2 Å². The van der Waals surface area contributed by atoms with E-state index < -0.39 is 0 Å². The van der Waals surface area contributed by atoms with Crippen molar-refractivity contribution in [2.45, 2.75) is 25.7 Å². The van der Waals surface area contributed by atoms with Crippen molar-refractivity contribution in [3.63, 3.8) is 0 Å². The van der Waals surface area contributed by atoms with Gasteiger partial charge in [-0.2, -0.15) is 0 Å². The van der Waals surface area contributed by atoms with Gasteiger partial charge >= 0.3 is 0 Å². The van der Waals surface area contributed by atoms with Gasteiger partial charge in [0.1, 0.15) is 0 Å². The summed E-state index contributed by atoms with van der Waals surface area (Å²) < 4.78 is 0. The molecule has 1 aromatic rings. The molecule has 1 aliphatic carbocycles. The molecule has 1 amide bonds. The molecule has 3 heterocycles. The van der Waals surface area contributed by atoms with E-state index in [2.05, 4.69) is 32.6 Å². The van der Waals surface area contributed by atoms with Crippen molar-refractivity contribution in [1.82, 2.24) is 15.1 Å². The molecular weight excluding hydrogens is 377 g/mol. The monoisotopic (exact) mass is 405 g/mol. The van der Waals surface area contributed by atoms with Gasteiger partial charge in [0.2, 0.25) is 5.91 Å². The normalized spacial score (nSPS) is 25.1. The molecule has 2 saturated heterocycles. The first-order valence-corrected chi connectivity index (χ1v) is 9.89. The second-order valence-corrected chi connectivity index (χ2v) is 8.40. The summed E-state index contributed by atoms with van der Waals surface area (Å²) in [6, 6.07) is 4.35. The van der Waals surface area contributed by atoms with Gasteiger partial charge in [0.25, 0.3) is 0 Å². The van der Waals surface area contributed by atoms with E-state index in [9.17, 15) is 4.79 Å². The van der Waals surface area contributed by atoms with Crippen LogP contribution in [0.25, 0.3) is 0 Å². The van der Waals surface area contributed by atoms with Crippen LogP contribution in [0.2, 0.25) is 0 Å². The lowest BCUT2D eigenvalue weighted by molar-refractivity contribution is -0.135. The summed E-state index contributed by atoms with van der Waals surface area (Å²) in [7, 11) is 0. The molecule has 4 nitrogen and oxygen atoms in total. The topological polar surface area (TPSA) is 35.6 Å². The highest BCUT2D eigenvalue weighted by molar-refractivity contribution is 7.09. The Balaban J connectivity index is 0.00000113. The van der Waals surface area contributed by atoms with E-state index in [0.717, 1.165) is 58.7 Å². The first kappa shape index (κ1) is 21.0. The molecule has 1 spiro atoms. The number of nitrogens with zero attached hydrogens (tertiary/aromatic N) is 2. The van der Waals surface area contributed by atoms with Gasteiger partial charge in [-0.3, -0.25) is 9.69 Å². The number of carbonyl (C=O) groups excluding carboxylic acids is 1. The SMILES string of the molecule is Cl.Cl.O=C(C1CC12CCNCC2)N1CCN(CCc2cccs2)CC1. The molecule has 0 bridgehead atoms. The van der Waals surface area contributed by atoms with E-state index in [0.29, 0.717) is 17.2 Å². The Morgan fingerprint density at radius 3 is 2.56 bits per heavy atom. The zero-order valence-corrected chi connectivity index (χ0v) is 17.1. The number of hydrogen-bond donors (Lipinski definition) is 1. The molecule has 2 aliphatic heterocycles. The maximum absolute atomic E-state index is 12.8. The zero-order chi connectivity index (χ0) is 15.7. The first-order valence-electron chi connectivity index (χ1n) is 9.01. The van der Waals surface area contributed by atoms with Gasteiger partial charge in [-0.1, -0.05) is 6.07 Å². The number of piperazine rings is 1. The fourth-order valence-electron chi connectivity index (χ4n) is 4.31. The average molecular weight is 406 g/mol. The Morgan fingerprint density at radius 1 is 1.20 bits per heavy atom. The standard InChI is InChI=1S/C18H27N3OS.2ClH/c22-17(16-14-18(16)4-6-19-7-5-18)21-11-9-20(10-12-21)8-3-15-2-1-13-23-15;;/h1-2,13,16,19H,3-12,14H2;2*1H. The predicted molar refractivity (Wildman–Crippen MR) is 108 cm³/mol. The number of hydrogen-bond acceptors (Lipinski definition) is 4. The van der Waals surface area contributed by atoms with Gasteiger partial charge in [-0.25, -0.2) is 0 Å². The minimum Gasteiger partial charge on any atom is -0.340 e. The van der Waals surface area contributed by atoms with Crippen LogP contribution in [-0.2, 0) is 11.2 Å². The summed E-state index contributed by atoms with van der Waals surface area (Å²) in [5, 5.41) is 5.57. The van der Waals surface area contributed by atoms with Crippen molar-refractivity contribution in [3.05, 3.63) is 22.4 Å². The smallest absolute Gasteiger partial charge is 0.226 e. The minimum absolute atomic E-state index is 0.